The standard InChI is InChI=1S/C22H15ClO5/c1-11-10-16(24)21(27)22(28-11)17(14-8-4-5-9-15(14)23)18-19(25)12-6-2-3-7-13(12)20(18)26/h2-10,17-18,27H,1H3. The van der Waals surface area contributed by atoms with Gasteiger partial charge in [-0.15, -0.1) is 0 Å². The Bertz CT molecular complexity index is 1140. The van der Waals surface area contributed by atoms with E-state index < -0.39 is 34.6 Å². The van der Waals surface area contributed by atoms with Gasteiger partial charge in [0.05, 0.1) is 11.8 Å². The number of ketones is 2. The van der Waals surface area contributed by atoms with Crippen LogP contribution in [0.2, 0.25) is 5.02 Å². The minimum Gasteiger partial charge on any atom is -0.502 e. The number of benzene rings is 2. The highest BCUT2D eigenvalue weighted by Gasteiger charge is 2.47. The number of aryl methyl sites for hydroxylation is 1. The molecular formula is C22H15ClO5. The second-order valence-corrected chi connectivity index (χ2v) is 7.09. The third kappa shape index (κ3) is 2.75. The van der Waals surface area contributed by atoms with E-state index in [1.807, 2.05) is 0 Å². The molecule has 140 valence electrons. The summed E-state index contributed by atoms with van der Waals surface area (Å²) in [5.41, 5.74) is 0.395. The third-order valence-electron chi connectivity index (χ3n) is 4.95. The monoisotopic (exact) mass is 394 g/mol. The van der Waals surface area contributed by atoms with Crippen LogP contribution in [-0.4, -0.2) is 16.7 Å². The van der Waals surface area contributed by atoms with Crippen LogP contribution < -0.4 is 5.43 Å². The lowest BCUT2D eigenvalue weighted by Crippen LogP contribution is -2.26. The topological polar surface area (TPSA) is 84.6 Å². The number of carbonyl (C=O) groups excluding carboxylic acids is 2. The van der Waals surface area contributed by atoms with Gasteiger partial charge in [0.1, 0.15) is 5.76 Å². The highest BCUT2D eigenvalue weighted by atomic mass is 35.5. The Kier molecular flexibility index (Phi) is 4.40. The van der Waals surface area contributed by atoms with Crippen molar-refractivity contribution in [2.45, 2.75) is 12.8 Å². The molecule has 0 fully saturated rings. The Labute approximate surface area is 165 Å². The van der Waals surface area contributed by atoms with E-state index in [2.05, 4.69) is 0 Å². The molecule has 1 heterocycles. The van der Waals surface area contributed by atoms with Gasteiger partial charge in [-0.1, -0.05) is 54.1 Å². The van der Waals surface area contributed by atoms with Gasteiger partial charge in [-0.05, 0) is 18.6 Å². The van der Waals surface area contributed by atoms with Crippen LogP contribution in [0.4, 0.5) is 0 Å². The van der Waals surface area contributed by atoms with Crippen molar-refractivity contribution in [1.82, 2.24) is 0 Å². The number of fused-ring (bicyclic) bond motifs is 1. The van der Waals surface area contributed by atoms with Crippen LogP contribution in [0.3, 0.4) is 0 Å². The van der Waals surface area contributed by atoms with Crippen LogP contribution in [0.25, 0.3) is 0 Å². The van der Waals surface area contributed by atoms with Gasteiger partial charge in [0, 0.05) is 22.2 Å². The maximum Gasteiger partial charge on any atom is 0.227 e. The molecule has 1 unspecified atom stereocenters. The smallest absolute Gasteiger partial charge is 0.227 e. The summed E-state index contributed by atoms with van der Waals surface area (Å²) in [5, 5.41) is 10.7. The Hall–Kier alpha value is -3.18. The average molecular weight is 395 g/mol. The zero-order valence-corrected chi connectivity index (χ0v) is 15.6. The number of hydrogen-bond acceptors (Lipinski definition) is 5. The first-order valence-electron chi connectivity index (χ1n) is 8.65. The molecule has 6 heteroatoms. The Morgan fingerprint density at radius 3 is 2.14 bits per heavy atom. The maximum atomic E-state index is 13.1. The van der Waals surface area contributed by atoms with Crippen molar-refractivity contribution in [3.8, 4) is 5.75 Å². The van der Waals surface area contributed by atoms with Gasteiger partial charge in [-0.3, -0.25) is 14.4 Å². The number of Topliss-reactive ketones (excluding diaryl/α,β-unsaturated/α-hetero) is 2. The van der Waals surface area contributed by atoms with E-state index in [4.69, 9.17) is 16.0 Å². The summed E-state index contributed by atoms with van der Waals surface area (Å²) in [7, 11) is 0. The van der Waals surface area contributed by atoms with Crippen LogP contribution >= 0.6 is 11.6 Å². The highest BCUT2D eigenvalue weighted by Crippen LogP contribution is 2.44. The lowest BCUT2D eigenvalue weighted by atomic mass is 9.80. The van der Waals surface area contributed by atoms with Gasteiger partial charge in [-0.2, -0.15) is 0 Å². The van der Waals surface area contributed by atoms with Crippen molar-refractivity contribution in [1.29, 1.82) is 0 Å². The van der Waals surface area contributed by atoms with Crippen molar-refractivity contribution in [2.75, 3.05) is 0 Å². The van der Waals surface area contributed by atoms with E-state index >= 15 is 0 Å². The van der Waals surface area contributed by atoms with Crippen molar-refractivity contribution >= 4 is 23.2 Å². The van der Waals surface area contributed by atoms with Gasteiger partial charge in [0.15, 0.2) is 17.3 Å². The Morgan fingerprint density at radius 1 is 0.964 bits per heavy atom. The van der Waals surface area contributed by atoms with E-state index in [-0.39, 0.29) is 11.5 Å². The maximum absolute atomic E-state index is 13.1. The van der Waals surface area contributed by atoms with Crippen LogP contribution in [0.5, 0.6) is 5.75 Å². The fraction of sp³-hybridized carbons (Fsp3) is 0.136. The Balaban J connectivity index is 1.99. The zero-order valence-electron chi connectivity index (χ0n) is 14.8. The Morgan fingerprint density at radius 2 is 1.54 bits per heavy atom. The summed E-state index contributed by atoms with van der Waals surface area (Å²) in [6, 6.07) is 14.4. The fourth-order valence-electron chi connectivity index (χ4n) is 3.71. The fourth-order valence-corrected chi connectivity index (χ4v) is 3.96. The van der Waals surface area contributed by atoms with E-state index in [0.717, 1.165) is 6.07 Å². The SMILES string of the molecule is Cc1cc(=O)c(O)c(C(c2ccccc2Cl)C2C(=O)c3ccccc3C2=O)o1. The third-order valence-corrected chi connectivity index (χ3v) is 5.30. The van der Waals surface area contributed by atoms with Crippen LogP contribution in [-0.2, 0) is 0 Å². The van der Waals surface area contributed by atoms with Gasteiger partial charge >= 0.3 is 0 Å². The van der Waals surface area contributed by atoms with Gasteiger partial charge in [-0.25, -0.2) is 0 Å². The number of halogens is 1. The van der Waals surface area contributed by atoms with Crippen LogP contribution in [0.15, 0.2) is 63.8 Å². The lowest BCUT2D eigenvalue weighted by molar-refractivity contribution is 0.0816. The molecule has 1 atom stereocenters. The minimum absolute atomic E-state index is 0.141. The molecule has 1 aliphatic rings. The van der Waals surface area contributed by atoms with E-state index in [1.165, 1.54) is 0 Å². The van der Waals surface area contributed by atoms with Crippen LogP contribution in [0.1, 0.15) is 43.7 Å². The van der Waals surface area contributed by atoms with Crippen molar-refractivity contribution in [3.63, 3.8) is 0 Å². The number of rotatable bonds is 3. The molecule has 0 saturated carbocycles. The normalized spacial score (nSPS) is 14.9. The number of carbonyl (C=O) groups is 2. The molecule has 1 aliphatic carbocycles. The summed E-state index contributed by atoms with van der Waals surface area (Å²) in [6.07, 6.45) is 0. The summed E-state index contributed by atoms with van der Waals surface area (Å²) < 4.78 is 5.66. The molecule has 2 aromatic carbocycles. The quantitative estimate of drug-likeness (QED) is 0.675. The van der Waals surface area contributed by atoms with E-state index in [0.29, 0.717) is 21.7 Å². The first-order valence-corrected chi connectivity index (χ1v) is 9.03. The minimum atomic E-state index is -1.19. The zero-order chi connectivity index (χ0) is 20.0. The molecule has 3 aromatic rings. The molecule has 5 nitrogen and oxygen atoms in total. The van der Waals surface area contributed by atoms with E-state index in [1.54, 1.807) is 55.5 Å². The van der Waals surface area contributed by atoms with Crippen LogP contribution in [0, 0.1) is 12.8 Å². The number of aromatic hydroxyl groups is 1. The second kappa shape index (κ2) is 6.77. The summed E-state index contributed by atoms with van der Waals surface area (Å²) >= 11 is 6.36. The molecule has 1 N–H and O–H groups in total. The number of hydrogen-bond donors (Lipinski definition) is 1. The lowest BCUT2D eigenvalue weighted by Gasteiger charge is -2.23. The molecule has 28 heavy (non-hydrogen) atoms. The first kappa shape index (κ1) is 18.2. The molecule has 0 spiro atoms. The summed E-state index contributed by atoms with van der Waals surface area (Å²) in [6.45, 7) is 1.56. The van der Waals surface area contributed by atoms with Crippen molar-refractivity contribution in [3.05, 3.63) is 98.1 Å². The molecule has 1 aromatic heterocycles. The van der Waals surface area contributed by atoms with Gasteiger partial charge in [0.25, 0.3) is 0 Å². The molecule has 0 aliphatic heterocycles. The largest absolute Gasteiger partial charge is 0.502 e. The molecule has 0 saturated heterocycles. The second-order valence-electron chi connectivity index (χ2n) is 6.69. The molecule has 0 bridgehead atoms. The van der Waals surface area contributed by atoms with E-state index in [9.17, 15) is 19.5 Å². The predicted octanol–water partition coefficient (Wildman–Crippen LogP) is 4.13. The van der Waals surface area contributed by atoms with Gasteiger partial charge < -0.3 is 9.52 Å². The summed E-state index contributed by atoms with van der Waals surface area (Å²) in [4.78, 5) is 38.4. The molecule has 0 amide bonds. The molecule has 4 rings (SSSR count). The summed E-state index contributed by atoms with van der Waals surface area (Å²) in [5.74, 6) is -3.53. The van der Waals surface area contributed by atoms with Crippen molar-refractivity contribution < 1.29 is 19.1 Å². The van der Waals surface area contributed by atoms with Gasteiger partial charge in [0.2, 0.25) is 11.2 Å². The predicted molar refractivity (Wildman–Crippen MR) is 103 cm³/mol. The highest BCUT2D eigenvalue weighted by molar-refractivity contribution is 6.32. The first-order chi connectivity index (χ1) is 13.4. The molecule has 0 radical (unpaired) electrons. The average Bonchev–Trinajstić information content (AvgIpc) is 2.92. The molecular weight excluding hydrogens is 380 g/mol. The van der Waals surface area contributed by atoms with Crippen molar-refractivity contribution in [2.24, 2.45) is 5.92 Å².